The van der Waals surface area contributed by atoms with Gasteiger partial charge < -0.3 is 14.7 Å². The minimum Gasteiger partial charge on any atom is -0.486 e. The van der Waals surface area contributed by atoms with E-state index >= 15 is 0 Å². The van der Waals surface area contributed by atoms with Gasteiger partial charge in [0.1, 0.15) is 0 Å². The van der Waals surface area contributed by atoms with Gasteiger partial charge in [-0.05, 0) is 19.4 Å². The van der Waals surface area contributed by atoms with Crippen molar-refractivity contribution >= 4 is 11.9 Å². The molecule has 0 atom stereocenters. The van der Waals surface area contributed by atoms with Crippen molar-refractivity contribution < 1.29 is 14.6 Å². The first-order chi connectivity index (χ1) is 11.3. The number of carboxylic acids is 1. The average Bonchev–Trinajstić information content (AvgIpc) is 2.54. The van der Waals surface area contributed by atoms with E-state index in [0.29, 0.717) is 6.54 Å². The van der Waals surface area contributed by atoms with Gasteiger partial charge in [0.05, 0.1) is 6.61 Å². The number of aryl methyl sites for hydroxylation is 1. The molecule has 7 nitrogen and oxygen atoms in total. The molecule has 0 radical (unpaired) electrons. The van der Waals surface area contributed by atoms with Crippen LogP contribution >= 0.6 is 0 Å². The van der Waals surface area contributed by atoms with Crippen LogP contribution in [0.5, 0.6) is 5.75 Å². The van der Waals surface area contributed by atoms with Crippen molar-refractivity contribution in [2.45, 2.75) is 20.4 Å². The summed E-state index contributed by atoms with van der Waals surface area (Å²) in [6.45, 7) is 4.37. The minimum absolute atomic E-state index is 0.190. The van der Waals surface area contributed by atoms with E-state index in [-0.39, 0.29) is 24.0 Å². The predicted octanol–water partition coefficient (Wildman–Crippen LogP) is 1.82. The number of ether oxygens (including phenoxy) is 1. The molecule has 0 bridgehead atoms. The number of carbonyl (C=O) groups is 1. The molecule has 128 valence electrons. The molecule has 0 amide bonds. The van der Waals surface area contributed by atoms with Crippen molar-refractivity contribution in [3.05, 3.63) is 51.4 Å². The lowest BCUT2D eigenvalue weighted by molar-refractivity contribution is 0.0685. The summed E-state index contributed by atoms with van der Waals surface area (Å²) in [5.74, 6) is -1.26. The summed E-state index contributed by atoms with van der Waals surface area (Å²) < 4.78 is 6.48. The lowest BCUT2D eigenvalue weighted by Crippen LogP contribution is -2.31. The largest absolute Gasteiger partial charge is 0.486 e. The predicted molar refractivity (Wildman–Crippen MR) is 90.9 cm³/mol. The highest BCUT2D eigenvalue weighted by Gasteiger charge is 2.22. The number of aromatic nitrogens is 2. The van der Waals surface area contributed by atoms with Gasteiger partial charge in [-0.2, -0.15) is 0 Å². The van der Waals surface area contributed by atoms with Crippen molar-refractivity contribution in [3.63, 3.8) is 0 Å². The molecule has 0 saturated carbocycles. The molecule has 0 fully saturated rings. The first kappa shape index (κ1) is 17.5. The molecule has 24 heavy (non-hydrogen) atoms. The highest BCUT2D eigenvalue weighted by Crippen LogP contribution is 2.18. The van der Waals surface area contributed by atoms with E-state index in [2.05, 4.69) is 4.98 Å². The van der Waals surface area contributed by atoms with E-state index in [4.69, 9.17) is 4.74 Å². The maximum absolute atomic E-state index is 12.4. The van der Waals surface area contributed by atoms with Crippen LogP contribution in [0.2, 0.25) is 0 Å². The number of hydrogen-bond acceptors (Lipinski definition) is 5. The van der Waals surface area contributed by atoms with Crippen LogP contribution in [0.25, 0.3) is 0 Å². The Morgan fingerprint density at radius 2 is 1.96 bits per heavy atom. The number of nitrogens with zero attached hydrogens (tertiary/aromatic N) is 3. The fourth-order valence-corrected chi connectivity index (χ4v) is 2.37. The molecule has 1 heterocycles. The SMILES string of the molecule is CCOc1c(C(=O)O)nc(N(C)Cc2ccc(C)cc2)n(C)c1=O. The minimum atomic E-state index is -1.29. The van der Waals surface area contributed by atoms with Crippen molar-refractivity contribution in [2.24, 2.45) is 7.05 Å². The third-order valence-corrected chi connectivity index (χ3v) is 3.60. The van der Waals surface area contributed by atoms with Crippen LogP contribution in [0.3, 0.4) is 0 Å². The van der Waals surface area contributed by atoms with Crippen LogP contribution in [-0.2, 0) is 13.6 Å². The standard InChI is InChI=1S/C17H21N3O4/c1-5-24-14-13(16(22)23)18-17(20(4)15(14)21)19(3)10-12-8-6-11(2)7-9-12/h6-9H,5,10H2,1-4H3,(H,22,23). The number of anilines is 1. The zero-order valence-electron chi connectivity index (χ0n) is 14.2. The van der Waals surface area contributed by atoms with Gasteiger partial charge >= 0.3 is 5.97 Å². The zero-order chi connectivity index (χ0) is 17.9. The van der Waals surface area contributed by atoms with Crippen molar-refractivity contribution in [3.8, 4) is 5.75 Å². The molecule has 2 aromatic rings. The summed E-state index contributed by atoms with van der Waals surface area (Å²) in [6, 6.07) is 7.96. The summed E-state index contributed by atoms with van der Waals surface area (Å²) in [7, 11) is 3.30. The quantitative estimate of drug-likeness (QED) is 0.869. The first-order valence-corrected chi connectivity index (χ1v) is 7.59. The average molecular weight is 331 g/mol. The molecular weight excluding hydrogens is 310 g/mol. The zero-order valence-corrected chi connectivity index (χ0v) is 14.2. The van der Waals surface area contributed by atoms with E-state index in [1.54, 1.807) is 25.9 Å². The van der Waals surface area contributed by atoms with Gasteiger partial charge in [-0.3, -0.25) is 9.36 Å². The van der Waals surface area contributed by atoms with Crippen molar-refractivity contribution in [1.82, 2.24) is 9.55 Å². The number of hydrogen-bond donors (Lipinski definition) is 1. The maximum Gasteiger partial charge on any atom is 0.358 e. The second-order valence-electron chi connectivity index (χ2n) is 5.53. The van der Waals surface area contributed by atoms with Gasteiger partial charge in [0.2, 0.25) is 11.7 Å². The summed E-state index contributed by atoms with van der Waals surface area (Å²) >= 11 is 0. The summed E-state index contributed by atoms with van der Waals surface area (Å²) in [5, 5.41) is 9.32. The molecule has 1 N–H and O–H groups in total. The van der Waals surface area contributed by atoms with Gasteiger partial charge in [-0.15, -0.1) is 0 Å². The molecular formula is C17H21N3O4. The Balaban J connectivity index is 2.43. The van der Waals surface area contributed by atoms with E-state index < -0.39 is 11.5 Å². The van der Waals surface area contributed by atoms with Crippen LogP contribution in [-0.4, -0.2) is 34.3 Å². The number of aromatic carboxylic acids is 1. The topological polar surface area (TPSA) is 84.7 Å². The molecule has 0 aliphatic heterocycles. The molecule has 0 aliphatic rings. The summed E-state index contributed by atoms with van der Waals surface area (Å²) in [6.07, 6.45) is 0. The Morgan fingerprint density at radius 1 is 1.33 bits per heavy atom. The van der Waals surface area contributed by atoms with Crippen LogP contribution in [0.4, 0.5) is 5.95 Å². The Bertz CT molecular complexity index is 797. The van der Waals surface area contributed by atoms with Gasteiger partial charge in [0, 0.05) is 20.6 Å². The second kappa shape index (κ2) is 7.16. The maximum atomic E-state index is 12.4. The number of rotatable bonds is 6. The lowest BCUT2D eigenvalue weighted by Gasteiger charge is -2.22. The third-order valence-electron chi connectivity index (χ3n) is 3.60. The molecule has 7 heteroatoms. The molecule has 0 aliphatic carbocycles. The van der Waals surface area contributed by atoms with Crippen LogP contribution < -0.4 is 15.2 Å². The Hall–Kier alpha value is -2.83. The normalized spacial score (nSPS) is 10.5. The first-order valence-electron chi connectivity index (χ1n) is 7.59. The Morgan fingerprint density at radius 3 is 2.50 bits per heavy atom. The molecule has 0 unspecified atom stereocenters. The van der Waals surface area contributed by atoms with Gasteiger partial charge in [-0.1, -0.05) is 29.8 Å². The Kier molecular flexibility index (Phi) is 5.23. The van der Waals surface area contributed by atoms with Gasteiger partial charge in [-0.25, -0.2) is 9.78 Å². The summed E-state index contributed by atoms with van der Waals surface area (Å²) in [5.41, 5.74) is 1.30. The van der Waals surface area contributed by atoms with Crippen molar-refractivity contribution in [1.29, 1.82) is 0 Å². The Labute approximate surface area is 140 Å². The van der Waals surface area contributed by atoms with E-state index in [0.717, 1.165) is 11.1 Å². The molecule has 1 aromatic carbocycles. The molecule has 0 spiro atoms. The van der Waals surface area contributed by atoms with Crippen molar-refractivity contribution in [2.75, 3.05) is 18.6 Å². The molecule has 0 saturated heterocycles. The lowest BCUT2D eigenvalue weighted by atomic mass is 10.1. The molecule has 2 rings (SSSR count). The van der Waals surface area contributed by atoms with E-state index in [9.17, 15) is 14.7 Å². The summed E-state index contributed by atoms with van der Waals surface area (Å²) in [4.78, 5) is 29.7. The monoisotopic (exact) mass is 331 g/mol. The van der Waals surface area contributed by atoms with Crippen LogP contribution in [0, 0.1) is 6.92 Å². The highest BCUT2D eigenvalue weighted by molar-refractivity contribution is 5.88. The van der Waals surface area contributed by atoms with Gasteiger partial charge in [0.15, 0.2) is 5.69 Å². The number of benzene rings is 1. The highest BCUT2D eigenvalue weighted by atomic mass is 16.5. The second-order valence-corrected chi connectivity index (χ2v) is 5.53. The number of carboxylic acid groups (broad SMARTS) is 1. The third kappa shape index (κ3) is 3.56. The van der Waals surface area contributed by atoms with Crippen LogP contribution in [0.1, 0.15) is 28.5 Å². The fraction of sp³-hybridized carbons (Fsp3) is 0.353. The van der Waals surface area contributed by atoms with E-state index in [1.807, 2.05) is 31.2 Å². The van der Waals surface area contributed by atoms with E-state index in [1.165, 1.54) is 4.57 Å². The fourth-order valence-electron chi connectivity index (χ4n) is 2.37. The van der Waals surface area contributed by atoms with Gasteiger partial charge in [0.25, 0.3) is 5.56 Å². The molecule has 1 aromatic heterocycles. The van der Waals surface area contributed by atoms with Crippen LogP contribution in [0.15, 0.2) is 29.1 Å². The smallest absolute Gasteiger partial charge is 0.358 e.